The molecule has 0 saturated heterocycles. The SMILES string of the molecule is COC(=O)C(=O)S(=O)(=O)c1ccsc1NN. The van der Waals surface area contributed by atoms with Gasteiger partial charge in [0.25, 0.3) is 9.84 Å². The van der Waals surface area contributed by atoms with Gasteiger partial charge in [-0.05, 0) is 11.4 Å². The molecule has 0 aliphatic heterocycles. The summed E-state index contributed by atoms with van der Waals surface area (Å²) in [6, 6.07) is 1.18. The molecule has 0 saturated carbocycles. The average molecular weight is 264 g/mol. The van der Waals surface area contributed by atoms with Crippen molar-refractivity contribution in [2.45, 2.75) is 4.90 Å². The number of ether oxygens (including phenoxy) is 1. The topological polar surface area (TPSA) is 116 Å². The summed E-state index contributed by atoms with van der Waals surface area (Å²) in [6.07, 6.45) is 0. The van der Waals surface area contributed by atoms with Crippen molar-refractivity contribution in [3.63, 3.8) is 0 Å². The summed E-state index contributed by atoms with van der Waals surface area (Å²) in [5.74, 6) is 3.63. The van der Waals surface area contributed by atoms with Crippen LogP contribution in [0.5, 0.6) is 0 Å². The Labute approximate surface area is 95.1 Å². The first kappa shape index (κ1) is 12.6. The number of esters is 1. The predicted octanol–water partition coefficient (Wildman–Crippen LogP) is -0.493. The van der Waals surface area contributed by atoms with Crippen molar-refractivity contribution < 1.29 is 22.7 Å². The average Bonchev–Trinajstić information content (AvgIpc) is 2.75. The summed E-state index contributed by atoms with van der Waals surface area (Å²) in [6.45, 7) is 0. The Morgan fingerprint density at radius 2 is 2.12 bits per heavy atom. The van der Waals surface area contributed by atoms with Gasteiger partial charge in [-0.2, -0.15) is 0 Å². The maximum atomic E-state index is 11.6. The number of sulfone groups is 1. The summed E-state index contributed by atoms with van der Waals surface area (Å²) in [7, 11) is -3.47. The van der Waals surface area contributed by atoms with Crippen LogP contribution in [0.2, 0.25) is 0 Å². The molecular weight excluding hydrogens is 256 g/mol. The lowest BCUT2D eigenvalue weighted by molar-refractivity contribution is -0.147. The van der Waals surface area contributed by atoms with Gasteiger partial charge >= 0.3 is 11.1 Å². The molecule has 0 bridgehead atoms. The molecule has 1 aromatic rings. The molecule has 1 heterocycles. The molecule has 1 rings (SSSR count). The van der Waals surface area contributed by atoms with Gasteiger partial charge in [0.2, 0.25) is 0 Å². The zero-order chi connectivity index (χ0) is 12.3. The van der Waals surface area contributed by atoms with E-state index in [1.54, 1.807) is 0 Å². The van der Waals surface area contributed by atoms with Gasteiger partial charge in [0.1, 0.15) is 9.90 Å². The van der Waals surface area contributed by atoms with E-state index in [0.717, 1.165) is 18.4 Å². The lowest BCUT2D eigenvalue weighted by Crippen LogP contribution is -2.26. The maximum absolute atomic E-state index is 11.6. The normalized spacial score (nSPS) is 10.9. The minimum absolute atomic E-state index is 0.0808. The van der Waals surface area contributed by atoms with Gasteiger partial charge < -0.3 is 10.2 Å². The Bertz CT molecular complexity index is 519. The number of rotatable bonds is 2. The van der Waals surface area contributed by atoms with Crippen molar-refractivity contribution >= 4 is 37.3 Å². The fraction of sp³-hybridized carbons (Fsp3) is 0.143. The number of hydrogen-bond donors (Lipinski definition) is 2. The smallest absolute Gasteiger partial charge is 0.391 e. The van der Waals surface area contributed by atoms with Crippen LogP contribution in [0.1, 0.15) is 0 Å². The second kappa shape index (κ2) is 4.60. The van der Waals surface area contributed by atoms with Crippen LogP contribution in [0.3, 0.4) is 0 Å². The van der Waals surface area contributed by atoms with Crippen LogP contribution in [-0.4, -0.2) is 26.6 Å². The molecule has 0 aromatic carbocycles. The van der Waals surface area contributed by atoms with Gasteiger partial charge in [-0.25, -0.2) is 19.1 Å². The highest BCUT2D eigenvalue weighted by Crippen LogP contribution is 2.28. The fourth-order valence-electron chi connectivity index (χ4n) is 0.907. The molecule has 0 unspecified atom stereocenters. The van der Waals surface area contributed by atoms with E-state index in [9.17, 15) is 18.0 Å². The van der Waals surface area contributed by atoms with Crippen LogP contribution in [0.25, 0.3) is 0 Å². The Hall–Kier alpha value is -1.45. The van der Waals surface area contributed by atoms with Crippen LogP contribution in [0, 0.1) is 0 Å². The number of hydrogen-bond acceptors (Lipinski definition) is 8. The summed E-state index contributed by atoms with van der Waals surface area (Å²) >= 11 is 0.994. The number of carbonyl (C=O) groups excluding carboxylic acids is 2. The van der Waals surface area contributed by atoms with Gasteiger partial charge in [-0.15, -0.1) is 11.3 Å². The molecule has 1 aromatic heterocycles. The van der Waals surface area contributed by atoms with Crippen LogP contribution >= 0.6 is 11.3 Å². The summed E-state index contributed by atoms with van der Waals surface area (Å²) in [4.78, 5) is 21.8. The predicted molar refractivity (Wildman–Crippen MR) is 56.3 cm³/mol. The van der Waals surface area contributed by atoms with Crippen LogP contribution in [0.15, 0.2) is 16.3 Å². The van der Waals surface area contributed by atoms with E-state index < -0.39 is 20.9 Å². The zero-order valence-corrected chi connectivity index (χ0v) is 9.72. The molecular formula is C7H8N2O5S2. The highest BCUT2D eigenvalue weighted by Gasteiger charge is 2.34. The molecule has 0 fully saturated rings. The molecule has 16 heavy (non-hydrogen) atoms. The molecule has 9 heteroatoms. The highest BCUT2D eigenvalue weighted by molar-refractivity contribution is 8.08. The van der Waals surface area contributed by atoms with E-state index in [1.807, 2.05) is 0 Å². The third-order valence-electron chi connectivity index (χ3n) is 1.65. The van der Waals surface area contributed by atoms with Gasteiger partial charge in [-0.3, -0.25) is 4.79 Å². The molecule has 0 amide bonds. The second-order valence-corrected chi connectivity index (χ2v) is 5.27. The third kappa shape index (κ3) is 2.05. The molecule has 0 atom stereocenters. The standard InChI is InChI=1S/C7H8N2O5S2/c1-14-6(10)7(11)16(12,13)4-2-3-15-5(4)9-8/h2-3,9H,8H2,1H3. The monoisotopic (exact) mass is 264 g/mol. The van der Waals surface area contributed by atoms with Crippen molar-refractivity contribution in [1.82, 2.24) is 0 Å². The first-order valence-electron chi connectivity index (χ1n) is 3.86. The first-order valence-corrected chi connectivity index (χ1v) is 6.23. The van der Waals surface area contributed by atoms with Gasteiger partial charge in [-0.1, -0.05) is 0 Å². The number of nitrogens with two attached hydrogens (primary N) is 1. The molecule has 3 N–H and O–H groups in total. The number of carbonyl (C=O) groups is 2. The molecule has 0 radical (unpaired) electrons. The Morgan fingerprint density at radius 1 is 1.50 bits per heavy atom. The van der Waals surface area contributed by atoms with Crippen LogP contribution in [0.4, 0.5) is 5.00 Å². The Morgan fingerprint density at radius 3 is 2.62 bits per heavy atom. The van der Waals surface area contributed by atoms with Crippen LogP contribution in [-0.2, 0) is 24.2 Å². The summed E-state index contributed by atoms with van der Waals surface area (Å²) < 4.78 is 27.3. The van der Waals surface area contributed by atoms with Crippen molar-refractivity contribution in [2.24, 2.45) is 5.84 Å². The number of nitrogen functional groups attached to an aromatic ring is 1. The number of methoxy groups -OCH3 is 1. The van der Waals surface area contributed by atoms with Gasteiger partial charge in [0.05, 0.1) is 7.11 Å². The van der Waals surface area contributed by atoms with Crippen molar-refractivity contribution in [2.75, 3.05) is 12.5 Å². The number of anilines is 1. The van der Waals surface area contributed by atoms with Crippen molar-refractivity contribution in [3.8, 4) is 0 Å². The van der Waals surface area contributed by atoms with E-state index in [-0.39, 0.29) is 9.90 Å². The van der Waals surface area contributed by atoms with E-state index in [1.165, 1.54) is 11.4 Å². The number of thiophene rings is 1. The zero-order valence-electron chi connectivity index (χ0n) is 8.09. The lowest BCUT2D eigenvalue weighted by atomic mass is 10.6. The van der Waals surface area contributed by atoms with E-state index in [4.69, 9.17) is 5.84 Å². The Kier molecular flexibility index (Phi) is 3.62. The third-order valence-corrected chi connectivity index (χ3v) is 4.19. The van der Waals surface area contributed by atoms with Crippen LogP contribution < -0.4 is 11.3 Å². The van der Waals surface area contributed by atoms with Gasteiger partial charge in [0.15, 0.2) is 0 Å². The molecule has 0 aliphatic carbocycles. The van der Waals surface area contributed by atoms with E-state index >= 15 is 0 Å². The molecule has 0 aliphatic rings. The lowest BCUT2D eigenvalue weighted by Gasteiger charge is -2.02. The number of nitrogens with one attached hydrogen (secondary N) is 1. The molecule has 88 valence electrons. The largest absolute Gasteiger partial charge is 0.462 e. The summed E-state index contributed by atoms with van der Waals surface area (Å²) in [5.41, 5.74) is 2.13. The molecule has 0 spiro atoms. The van der Waals surface area contributed by atoms with Gasteiger partial charge in [0, 0.05) is 0 Å². The minimum Gasteiger partial charge on any atom is -0.462 e. The minimum atomic E-state index is -4.40. The number of hydrazine groups is 1. The first-order chi connectivity index (χ1) is 7.45. The molecule has 7 nitrogen and oxygen atoms in total. The quantitative estimate of drug-likeness (QED) is 0.320. The maximum Gasteiger partial charge on any atom is 0.391 e. The van der Waals surface area contributed by atoms with Crippen molar-refractivity contribution in [1.29, 1.82) is 0 Å². The second-order valence-electron chi connectivity index (χ2n) is 2.54. The van der Waals surface area contributed by atoms with Crippen molar-refractivity contribution in [3.05, 3.63) is 11.4 Å². The van der Waals surface area contributed by atoms with E-state index in [2.05, 4.69) is 10.2 Å². The Balaban J connectivity index is 3.22. The van der Waals surface area contributed by atoms with E-state index in [0.29, 0.717) is 0 Å². The highest BCUT2D eigenvalue weighted by atomic mass is 32.2. The summed E-state index contributed by atoms with van der Waals surface area (Å²) in [5, 5.41) is -0.116. The fourth-order valence-corrected chi connectivity index (χ4v) is 3.11.